The zero-order valence-corrected chi connectivity index (χ0v) is 16.4. The lowest BCUT2D eigenvalue weighted by atomic mass is 10.1. The second kappa shape index (κ2) is 7.38. The molecule has 0 unspecified atom stereocenters. The number of hydrogen-bond acceptors (Lipinski definition) is 3. The van der Waals surface area contributed by atoms with E-state index in [4.69, 9.17) is 4.74 Å². The van der Waals surface area contributed by atoms with E-state index in [-0.39, 0.29) is 6.03 Å². The second-order valence-electron chi connectivity index (χ2n) is 6.67. The molecule has 6 nitrogen and oxygen atoms in total. The van der Waals surface area contributed by atoms with E-state index in [1.54, 1.807) is 7.11 Å². The van der Waals surface area contributed by atoms with Crippen LogP contribution in [-0.4, -0.2) is 40.7 Å². The molecule has 4 rings (SSSR count). The standard InChI is InChI=1S/C22H24N4O2/c1-4-24(5-2)22(27)26-15-25-20(18-11-6-7-12-19(18)26)14-23-21(25)16-9-8-10-17(13-16)28-3/h6-14H,4-5,15H2,1-3H3. The largest absolute Gasteiger partial charge is 0.497 e. The minimum atomic E-state index is 0.00777. The van der Waals surface area contributed by atoms with Gasteiger partial charge in [0.25, 0.3) is 0 Å². The highest BCUT2D eigenvalue weighted by atomic mass is 16.5. The highest BCUT2D eigenvalue weighted by molar-refractivity contribution is 5.97. The van der Waals surface area contributed by atoms with E-state index >= 15 is 0 Å². The number of carbonyl (C=O) groups excluding carboxylic acids is 1. The van der Waals surface area contributed by atoms with E-state index in [0.29, 0.717) is 19.8 Å². The van der Waals surface area contributed by atoms with Crippen LogP contribution in [0.2, 0.25) is 0 Å². The van der Waals surface area contributed by atoms with Crippen LogP contribution in [-0.2, 0) is 6.67 Å². The van der Waals surface area contributed by atoms with Gasteiger partial charge in [-0.2, -0.15) is 0 Å². The number of hydrogen-bond donors (Lipinski definition) is 0. The van der Waals surface area contributed by atoms with E-state index < -0.39 is 0 Å². The van der Waals surface area contributed by atoms with Crippen LogP contribution in [0.25, 0.3) is 22.6 Å². The predicted octanol–water partition coefficient (Wildman–Crippen LogP) is 4.47. The van der Waals surface area contributed by atoms with Crippen molar-refractivity contribution in [1.82, 2.24) is 14.5 Å². The molecule has 2 aromatic carbocycles. The number of imidazole rings is 1. The van der Waals surface area contributed by atoms with Crippen molar-refractivity contribution in [2.24, 2.45) is 0 Å². The summed E-state index contributed by atoms with van der Waals surface area (Å²) in [5, 5.41) is 0. The number of urea groups is 1. The summed E-state index contributed by atoms with van der Waals surface area (Å²) in [7, 11) is 1.65. The number of ether oxygens (including phenoxy) is 1. The van der Waals surface area contributed by atoms with Crippen LogP contribution < -0.4 is 9.64 Å². The van der Waals surface area contributed by atoms with Crippen molar-refractivity contribution in [2.45, 2.75) is 20.5 Å². The molecule has 0 aliphatic carbocycles. The van der Waals surface area contributed by atoms with Gasteiger partial charge in [0.2, 0.25) is 0 Å². The summed E-state index contributed by atoms with van der Waals surface area (Å²) in [4.78, 5) is 21.5. The first-order chi connectivity index (χ1) is 13.7. The van der Waals surface area contributed by atoms with Gasteiger partial charge in [-0.05, 0) is 32.0 Å². The lowest BCUT2D eigenvalue weighted by Gasteiger charge is -2.35. The molecule has 0 saturated carbocycles. The highest BCUT2D eigenvalue weighted by Crippen LogP contribution is 2.39. The Bertz CT molecular complexity index is 1010. The first-order valence-corrected chi connectivity index (χ1v) is 9.53. The number of aromatic nitrogens is 2. The minimum Gasteiger partial charge on any atom is -0.497 e. The molecule has 0 radical (unpaired) electrons. The number of methoxy groups -OCH3 is 1. The molecule has 28 heavy (non-hydrogen) atoms. The van der Waals surface area contributed by atoms with Gasteiger partial charge in [0, 0.05) is 24.2 Å². The van der Waals surface area contributed by atoms with Crippen molar-refractivity contribution in [3.63, 3.8) is 0 Å². The van der Waals surface area contributed by atoms with Crippen LogP contribution in [0.3, 0.4) is 0 Å². The van der Waals surface area contributed by atoms with Crippen molar-refractivity contribution in [2.75, 3.05) is 25.1 Å². The Labute approximate surface area is 165 Å². The first-order valence-electron chi connectivity index (χ1n) is 9.53. The zero-order valence-electron chi connectivity index (χ0n) is 16.4. The van der Waals surface area contributed by atoms with Crippen molar-refractivity contribution < 1.29 is 9.53 Å². The number of amides is 2. The van der Waals surface area contributed by atoms with E-state index in [1.165, 1.54) is 0 Å². The van der Waals surface area contributed by atoms with Gasteiger partial charge in [-0.15, -0.1) is 0 Å². The summed E-state index contributed by atoms with van der Waals surface area (Å²) in [6.07, 6.45) is 1.88. The molecule has 6 heteroatoms. The van der Waals surface area contributed by atoms with Crippen molar-refractivity contribution >= 4 is 11.7 Å². The molecule has 1 aliphatic heterocycles. The molecule has 1 aliphatic rings. The topological polar surface area (TPSA) is 50.6 Å². The third-order valence-electron chi connectivity index (χ3n) is 5.20. The number of para-hydroxylation sites is 1. The van der Waals surface area contributed by atoms with Gasteiger partial charge in [0.15, 0.2) is 0 Å². The minimum absolute atomic E-state index is 0.00777. The summed E-state index contributed by atoms with van der Waals surface area (Å²) in [5.74, 6) is 1.60. The Balaban J connectivity index is 1.83. The Kier molecular flexibility index (Phi) is 4.77. The number of carbonyl (C=O) groups is 1. The van der Waals surface area contributed by atoms with Gasteiger partial charge in [-0.3, -0.25) is 4.90 Å². The van der Waals surface area contributed by atoms with Gasteiger partial charge in [0.1, 0.15) is 18.2 Å². The monoisotopic (exact) mass is 376 g/mol. The lowest BCUT2D eigenvalue weighted by Crippen LogP contribution is -2.45. The number of benzene rings is 2. The molecule has 0 N–H and O–H groups in total. The maximum Gasteiger partial charge on any atom is 0.325 e. The fourth-order valence-corrected chi connectivity index (χ4v) is 3.70. The average molecular weight is 376 g/mol. The molecule has 0 fully saturated rings. The molecule has 144 valence electrons. The smallest absolute Gasteiger partial charge is 0.325 e. The molecule has 2 amide bonds. The number of rotatable bonds is 4. The summed E-state index contributed by atoms with van der Waals surface area (Å²) in [6, 6.07) is 15.8. The van der Waals surface area contributed by atoms with Crippen molar-refractivity contribution in [3.05, 3.63) is 54.7 Å². The average Bonchev–Trinajstić information content (AvgIpc) is 3.18. The van der Waals surface area contributed by atoms with Gasteiger partial charge < -0.3 is 14.2 Å². The molecule has 0 bridgehead atoms. The summed E-state index contributed by atoms with van der Waals surface area (Å²) < 4.78 is 7.46. The normalized spacial score (nSPS) is 12.3. The lowest BCUT2D eigenvalue weighted by molar-refractivity contribution is 0.208. The SMILES string of the molecule is CCN(CC)C(=O)N1Cn2c(cnc2-c2cccc(OC)c2)-c2ccccc21. The van der Waals surface area contributed by atoms with E-state index in [9.17, 15) is 4.79 Å². The maximum absolute atomic E-state index is 13.2. The molecule has 0 spiro atoms. The summed E-state index contributed by atoms with van der Waals surface area (Å²) in [6.45, 7) is 5.78. The second-order valence-corrected chi connectivity index (χ2v) is 6.67. The number of nitrogens with zero attached hydrogens (tertiary/aromatic N) is 4. The first kappa shape index (κ1) is 18.1. The Morgan fingerprint density at radius 1 is 1.14 bits per heavy atom. The quantitative estimate of drug-likeness (QED) is 0.675. The van der Waals surface area contributed by atoms with Crippen LogP contribution in [0.15, 0.2) is 54.7 Å². The fourth-order valence-electron chi connectivity index (χ4n) is 3.70. The third-order valence-corrected chi connectivity index (χ3v) is 5.20. The molecular formula is C22H24N4O2. The van der Waals surface area contributed by atoms with Crippen LogP contribution >= 0.6 is 0 Å². The molecule has 1 aromatic heterocycles. The van der Waals surface area contributed by atoms with Gasteiger partial charge in [-0.1, -0.05) is 30.3 Å². The van der Waals surface area contributed by atoms with Crippen LogP contribution in [0.5, 0.6) is 5.75 Å². The van der Waals surface area contributed by atoms with E-state index in [0.717, 1.165) is 34.1 Å². The van der Waals surface area contributed by atoms with E-state index in [2.05, 4.69) is 9.55 Å². The Hall–Kier alpha value is -3.28. The highest BCUT2D eigenvalue weighted by Gasteiger charge is 2.30. The fraction of sp³-hybridized carbons (Fsp3) is 0.273. The molecule has 2 heterocycles. The van der Waals surface area contributed by atoms with E-state index in [1.807, 2.05) is 78.4 Å². The summed E-state index contributed by atoms with van der Waals surface area (Å²) >= 11 is 0. The Morgan fingerprint density at radius 3 is 2.68 bits per heavy atom. The summed E-state index contributed by atoms with van der Waals surface area (Å²) in [5.41, 5.74) is 3.90. The van der Waals surface area contributed by atoms with Gasteiger partial charge in [0.05, 0.1) is 24.7 Å². The van der Waals surface area contributed by atoms with Gasteiger partial charge >= 0.3 is 6.03 Å². The third kappa shape index (κ3) is 2.91. The number of anilines is 1. The van der Waals surface area contributed by atoms with Gasteiger partial charge in [-0.25, -0.2) is 9.78 Å². The van der Waals surface area contributed by atoms with Crippen molar-refractivity contribution in [1.29, 1.82) is 0 Å². The predicted molar refractivity (Wildman–Crippen MR) is 110 cm³/mol. The molecule has 0 saturated heterocycles. The Morgan fingerprint density at radius 2 is 1.93 bits per heavy atom. The molecule has 3 aromatic rings. The zero-order chi connectivity index (χ0) is 19.7. The van der Waals surface area contributed by atoms with Crippen LogP contribution in [0.4, 0.5) is 10.5 Å². The molecular weight excluding hydrogens is 352 g/mol. The van der Waals surface area contributed by atoms with Crippen LogP contribution in [0, 0.1) is 0 Å². The van der Waals surface area contributed by atoms with Crippen molar-refractivity contribution in [3.8, 4) is 28.4 Å². The number of fused-ring (bicyclic) bond motifs is 3. The maximum atomic E-state index is 13.2. The molecule has 0 atom stereocenters. The van der Waals surface area contributed by atoms with Crippen LogP contribution in [0.1, 0.15) is 13.8 Å².